The van der Waals surface area contributed by atoms with Gasteiger partial charge in [0, 0.05) is 0 Å². The van der Waals surface area contributed by atoms with Gasteiger partial charge in [-0.3, -0.25) is 0 Å². The van der Waals surface area contributed by atoms with Crippen LogP contribution >= 0.6 is 0 Å². The van der Waals surface area contributed by atoms with Crippen molar-refractivity contribution in [3.05, 3.63) is 29.1 Å². The molecule has 0 bridgehead atoms. The van der Waals surface area contributed by atoms with Crippen LogP contribution in [0.4, 0.5) is 13.2 Å². The van der Waals surface area contributed by atoms with E-state index in [-0.39, 0.29) is 18.1 Å². The summed E-state index contributed by atoms with van der Waals surface area (Å²) in [5.74, 6) is -1.15. The molecule has 0 saturated heterocycles. The van der Waals surface area contributed by atoms with Crippen LogP contribution in [-0.4, -0.2) is 6.11 Å². The van der Waals surface area contributed by atoms with Crippen molar-refractivity contribution in [2.75, 3.05) is 0 Å². The molecule has 1 aromatic carbocycles. The van der Waals surface area contributed by atoms with E-state index in [9.17, 15) is 13.2 Å². The number of halogens is 3. The summed E-state index contributed by atoms with van der Waals surface area (Å²) < 4.78 is 47.5. The zero-order valence-electron chi connectivity index (χ0n) is 12.5. The Morgan fingerprint density at radius 1 is 1.14 bits per heavy atom. The molecule has 0 spiro atoms. The van der Waals surface area contributed by atoms with Crippen LogP contribution in [0.15, 0.2) is 12.1 Å². The Hall–Kier alpha value is -1.19. The van der Waals surface area contributed by atoms with Gasteiger partial charge in [0.1, 0.15) is 0 Å². The molecule has 0 radical (unpaired) electrons. The smallest absolute Gasteiger partial charge is 0.401 e. The van der Waals surface area contributed by atoms with Crippen molar-refractivity contribution in [1.82, 2.24) is 0 Å². The average molecular weight is 298 g/mol. The first-order valence-corrected chi connectivity index (χ1v) is 7.73. The molecule has 1 nitrogen and oxygen atoms in total. The topological polar surface area (TPSA) is 9.23 Å². The van der Waals surface area contributed by atoms with Gasteiger partial charge in [-0.2, -0.15) is 8.78 Å². The Kier molecular flexibility index (Phi) is 3.66. The van der Waals surface area contributed by atoms with Crippen molar-refractivity contribution in [1.29, 1.82) is 0 Å². The third-order valence-electron chi connectivity index (χ3n) is 5.11. The van der Waals surface area contributed by atoms with Crippen LogP contribution in [0.5, 0.6) is 5.75 Å². The van der Waals surface area contributed by atoms with Crippen LogP contribution in [0.25, 0.3) is 0 Å². The normalized spacial score (nSPS) is 31.4. The van der Waals surface area contributed by atoms with Crippen LogP contribution in [0.1, 0.15) is 43.7 Å². The molecule has 0 amide bonds. The molecule has 21 heavy (non-hydrogen) atoms. The van der Waals surface area contributed by atoms with Gasteiger partial charge in [0.2, 0.25) is 0 Å². The fourth-order valence-electron chi connectivity index (χ4n) is 3.66. The third kappa shape index (κ3) is 2.65. The number of aryl methyl sites for hydroxylation is 1. The maximum absolute atomic E-state index is 14.4. The highest BCUT2D eigenvalue weighted by molar-refractivity contribution is 5.41. The molecule has 1 aromatic rings. The second kappa shape index (κ2) is 5.22. The highest BCUT2D eigenvalue weighted by atomic mass is 19.3. The summed E-state index contributed by atoms with van der Waals surface area (Å²) in [6, 6.07) is 3.36. The number of benzene rings is 1. The standard InChI is InChI=1S/C17H21F3O/c1-10-3-6-12(7-4-10)14-9-13-8-5-11(2)15(18)16(13)21-17(14,19)20/h5,8,10,12,14H,3-4,6-7,9H2,1-2H3. The SMILES string of the molecule is Cc1ccc2c(c1F)OC(F)(F)C(C1CCC(C)CC1)C2. The fourth-order valence-corrected chi connectivity index (χ4v) is 3.66. The zero-order chi connectivity index (χ0) is 15.2. The monoisotopic (exact) mass is 298 g/mol. The lowest BCUT2D eigenvalue weighted by Crippen LogP contribution is -2.44. The first-order valence-electron chi connectivity index (χ1n) is 7.73. The first kappa shape index (κ1) is 14.7. The molecule has 3 rings (SSSR count). The van der Waals surface area contributed by atoms with E-state index >= 15 is 0 Å². The molecule has 1 fully saturated rings. The molecule has 0 N–H and O–H groups in total. The summed E-state index contributed by atoms with van der Waals surface area (Å²) in [7, 11) is 0. The van der Waals surface area contributed by atoms with Gasteiger partial charge in [0.05, 0.1) is 5.92 Å². The molecule has 0 aromatic heterocycles. The van der Waals surface area contributed by atoms with Crippen LogP contribution in [0.3, 0.4) is 0 Å². The summed E-state index contributed by atoms with van der Waals surface area (Å²) in [6.45, 7) is 3.73. The summed E-state index contributed by atoms with van der Waals surface area (Å²) in [6.07, 6.45) is 0.549. The molecule has 1 heterocycles. The maximum Gasteiger partial charge on any atom is 0.401 e. The Bertz CT molecular complexity index is 533. The van der Waals surface area contributed by atoms with E-state index in [0.717, 1.165) is 25.7 Å². The van der Waals surface area contributed by atoms with Crippen molar-refractivity contribution in [3.63, 3.8) is 0 Å². The molecule has 1 aliphatic heterocycles. The lowest BCUT2D eigenvalue weighted by Gasteiger charge is -2.40. The molecule has 4 heteroatoms. The first-order chi connectivity index (χ1) is 9.88. The van der Waals surface area contributed by atoms with Crippen molar-refractivity contribution >= 4 is 0 Å². The number of hydrogen-bond donors (Lipinski definition) is 0. The summed E-state index contributed by atoms with van der Waals surface area (Å²) >= 11 is 0. The largest absolute Gasteiger partial charge is 0.429 e. The molecule has 1 saturated carbocycles. The number of hydrogen-bond acceptors (Lipinski definition) is 1. The quantitative estimate of drug-likeness (QED) is 0.700. The lowest BCUT2D eigenvalue weighted by atomic mass is 9.73. The van der Waals surface area contributed by atoms with E-state index in [1.165, 1.54) is 0 Å². The average Bonchev–Trinajstić information content (AvgIpc) is 2.44. The van der Waals surface area contributed by atoms with E-state index in [4.69, 9.17) is 4.74 Å². The molecule has 1 atom stereocenters. The minimum absolute atomic E-state index is 0.0336. The van der Waals surface area contributed by atoms with Crippen LogP contribution in [0.2, 0.25) is 0 Å². The minimum atomic E-state index is -3.27. The van der Waals surface area contributed by atoms with Crippen molar-refractivity contribution in [2.45, 2.75) is 52.1 Å². The molecule has 116 valence electrons. The number of alkyl halides is 2. The van der Waals surface area contributed by atoms with Gasteiger partial charge in [0.25, 0.3) is 0 Å². The van der Waals surface area contributed by atoms with Crippen LogP contribution < -0.4 is 4.74 Å². The highest BCUT2D eigenvalue weighted by Gasteiger charge is 2.50. The van der Waals surface area contributed by atoms with E-state index < -0.39 is 17.8 Å². The Morgan fingerprint density at radius 2 is 1.81 bits per heavy atom. The molecular formula is C17H21F3O. The Balaban J connectivity index is 1.88. The van der Waals surface area contributed by atoms with Gasteiger partial charge in [-0.05, 0) is 49.1 Å². The number of rotatable bonds is 1. The Labute approximate surface area is 123 Å². The molecule has 1 unspecified atom stereocenters. The molecule has 1 aliphatic carbocycles. The van der Waals surface area contributed by atoms with Crippen LogP contribution in [0, 0.1) is 30.5 Å². The molecule has 2 aliphatic rings. The van der Waals surface area contributed by atoms with Crippen molar-refractivity contribution < 1.29 is 17.9 Å². The number of ether oxygens (including phenoxy) is 1. The van der Waals surface area contributed by atoms with E-state index in [1.54, 1.807) is 19.1 Å². The zero-order valence-corrected chi connectivity index (χ0v) is 12.5. The third-order valence-corrected chi connectivity index (χ3v) is 5.11. The van der Waals surface area contributed by atoms with E-state index in [2.05, 4.69) is 6.92 Å². The van der Waals surface area contributed by atoms with Gasteiger partial charge in [-0.1, -0.05) is 31.9 Å². The predicted octanol–water partition coefficient (Wildman–Crippen LogP) is 5.10. The molecular weight excluding hydrogens is 277 g/mol. The summed E-state index contributed by atoms with van der Waals surface area (Å²) in [4.78, 5) is 0. The van der Waals surface area contributed by atoms with E-state index in [0.29, 0.717) is 17.0 Å². The van der Waals surface area contributed by atoms with Gasteiger partial charge in [-0.25, -0.2) is 4.39 Å². The highest BCUT2D eigenvalue weighted by Crippen LogP contribution is 2.48. The van der Waals surface area contributed by atoms with Gasteiger partial charge < -0.3 is 4.74 Å². The summed E-state index contributed by atoms with van der Waals surface area (Å²) in [5, 5.41) is 0. The lowest BCUT2D eigenvalue weighted by molar-refractivity contribution is -0.239. The minimum Gasteiger partial charge on any atom is -0.429 e. The van der Waals surface area contributed by atoms with Gasteiger partial charge in [0.15, 0.2) is 11.6 Å². The fraction of sp³-hybridized carbons (Fsp3) is 0.647. The maximum atomic E-state index is 14.4. The van der Waals surface area contributed by atoms with Crippen LogP contribution in [-0.2, 0) is 6.42 Å². The Morgan fingerprint density at radius 3 is 2.48 bits per heavy atom. The predicted molar refractivity (Wildman–Crippen MR) is 75.0 cm³/mol. The summed E-state index contributed by atoms with van der Waals surface area (Å²) in [5.41, 5.74) is 0.919. The van der Waals surface area contributed by atoms with Crippen molar-refractivity contribution in [3.8, 4) is 5.75 Å². The van der Waals surface area contributed by atoms with Crippen molar-refractivity contribution in [2.24, 2.45) is 17.8 Å². The van der Waals surface area contributed by atoms with Gasteiger partial charge in [-0.15, -0.1) is 0 Å². The second-order valence-corrected chi connectivity index (χ2v) is 6.68. The second-order valence-electron chi connectivity index (χ2n) is 6.68. The van der Waals surface area contributed by atoms with Gasteiger partial charge >= 0.3 is 6.11 Å². The van der Waals surface area contributed by atoms with E-state index in [1.807, 2.05) is 0 Å². The number of fused-ring (bicyclic) bond motifs is 1.